The summed E-state index contributed by atoms with van der Waals surface area (Å²) in [4.78, 5) is 2.65. The molecular weight excluding hydrogens is 182 g/mol. The molecule has 1 aromatic rings. The molecule has 0 saturated heterocycles. The van der Waals surface area contributed by atoms with Crippen LogP contribution in [0, 0.1) is 6.92 Å². The number of nitrogens with two attached hydrogens (primary N) is 1. The van der Waals surface area contributed by atoms with Crippen molar-refractivity contribution in [2.75, 3.05) is 13.7 Å². The van der Waals surface area contributed by atoms with Crippen LogP contribution in [-0.4, -0.2) is 13.7 Å². The maximum atomic E-state index is 5.55. The SMILES string of the molecule is CCc1c(CCN)sc(C)c1OC. The predicted octanol–water partition coefficient (Wildman–Crippen LogP) is 2.13. The van der Waals surface area contributed by atoms with Crippen molar-refractivity contribution in [2.24, 2.45) is 5.73 Å². The van der Waals surface area contributed by atoms with Crippen molar-refractivity contribution in [2.45, 2.75) is 26.7 Å². The molecule has 0 spiro atoms. The molecule has 0 unspecified atom stereocenters. The van der Waals surface area contributed by atoms with Crippen LogP contribution in [0.25, 0.3) is 0 Å². The third kappa shape index (κ3) is 2.03. The van der Waals surface area contributed by atoms with Crippen molar-refractivity contribution in [3.05, 3.63) is 15.3 Å². The number of aryl methyl sites for hydroxylation is 1. The first-order chi connectivity index (χ1) is 6.24. The van der Waals surface area contributed by atoms with Crippen molar-refractivity contribution in [3.63, 3.8) is 0 Å². The molecule has 1 heterocycles. The van der Waals surface area contributed by atoms with Gasteiger partial charge in [0.25, 0.3) is 0 Å². The molecule has 0 fully saturated rings. The summed E-state index contributed by atoms with van der Waals surface area (Å²) in [7, 11) is 1.74. The number of methoxy groups -OCH3 is 1. The molecule has 13 heavy (non-hydrogen) atoms. The van der Waals surface area contributed by atoms with Crippen LogP contribution in [0.15, 0.2) is 0 Å². The molecule has 0 aliphatic rings. The van der Waals surface area contributed by atoms with Crippen LogP contribution in [0.3, 0.4) is 0 Å². The lowest BCUT2D eigenvalue weighted by molar-refractivity contribution is 0.409. The molecular formula is C10H17NOS. The number of hydrogen-bond donors (Lipinski definition) is 1. The Morgan fingerprint density at radius 2 is 2.15 bits per heavy atom. The van der Waals surface area contributed by atoms with E-state index in [0.717, 1.165) is 25.1 Å². The second-order valence-corrected chi connectivity index (χ2v) is 4.29. The van der Waals surface area contributed by atoms with E-state index in [1.807, 2.05) is 11.3 Å². The van der Waals surface area contributed by atoms with Crippen molar-refractivity contribution in [3.8, 4) is 5.75 Å². The van der Waals surface area contributed by atoms with Gasteiger partial charge in [0.05, 0.1) is 7.11 Å². The molecule has 0 aliphatic heterocycles. The smallest absolute Gasteiger partial charge is 0.135 e. The van der Waals surface area contributed by atoms with Crippen LogP contribution in [0.2, 0.25) is 0 Å². The number of hydrogen-bond acceptors (Lipinski definition) is 3. The highest BCUT2D eigenvalue weighted by Crippen LogP contribution is 2.35. The van der Waals surface area contributed by atoms with Crippen LogP contribution >= 0.6 is 11.3 Å². The lowest BCUT2D eigenvalue weighted by Crippen LogP contribution is -2.03. The molecule has 1 rings (SSSR count). The van der Waals surface area contributed by atoms with Gasteiger partial charge in [0.2, 0.25) is 0 Å². The molecule has 1 aromatic heterocycles. The van der Waals surface area contributed by atoms with Gasteiger partial charge in [-0.15, -0.1) is 11.3 Å². The summed E-state index contributed by atoms with van der Waals surface area (Å²) in [6, 6.07) is 0. The lowest BCUT2D eigenvalue weighted by atomic mass is 10.1. The Bertz CT molecular complexity index is 281. The molecule has 2 N–H and O–H groups in total. The van der Waals surface area contributed by atoms with Gasteiger partial charge in [-0.1, -0.05) is 6.92 Å². The summed E-state index contributed by atoms with van der Waals surface area (Å²) in [5.74, 6) is 1.07. The van der Waals surface area contributed by atoms with Gasteiger partial charge < -0.3 is 10.5 Å². The Morgan fingerprint density at radius 1 is 1.46 bits per heavy atom. The Balaban J connectivity index is 3.06. The van der Waals surface area contributed by atoms with Gasteiger partial charge in [-0.05, 0) is 26.3 Å². The zero-order valence-corrected chi connectivity index (χ0v) is 9.33. The van der Waals surface area contributed by atoms with E-state index in [1.54, 1.807) is 7.11 Å². The zero-order chi connectivity index (χ0) is 9.84. The van der Waals surface area contributed by atoms with Crippen molar-refractivity contribution >= 4 is 11.3 Å². The third-order valence-corrected chi connectivity index (χ3v) is 3.32. The van der Waals surface area contributed by atoms with E-state index in [1.165, 1.54) is 15.3 Å². The summed E-state index contributed by atoms with van der Waals surface area (Å²) in [6.45, 7) is 4.98. The first-order valence-electron chi connectivity index (χ1n) is 4.59. The molecule has 0 aliphatic carbocycles. The summed E-state index contributed by atoms with van der Waals surface area (Å²) < 4.78 is 5.36. The Morgan fingerprint density at radius 3 is 2.62 bits per heavy atom. The van der Waals surface area contributed by atoms with E-state index >= 15 is 0 Å². The standard InChI is InChI=1S/C10H17NOS/c1-4-8-9(5-6-11)13-7(2)10(8)12-3/h4-6,11H2,1-3H3. The number of thiophene rings is 1. The van der Waals surface area contributed by atoms with E-state index in [4.69, 9.17) is 10.5 Å². The van der Waals surface area contributed by atoms with Crippen LogP contribution in [0.1, 0.15) is 22.2 Å². The second-order valence-electron chi connectivity index (χ2n) is 2.99. The Labute approximate surface area is 83.7 Å². The van der Waals surface area contributed by atoms with E-state index in [0.29, 0.717) is 0 Å². The molecule has 0 aromatic carbocycles. The zero-order valence-electron chi connectivity index (χ0n) is 8.52. The minimum Gasteiger partial charge on any atom is -0.495 e. The third-order valence-electron chi connectivity index (χ3n) is 2.14. The number of rotatable bonds is 4. The molecule has 3 heteroatoms. The fourth-order valence-corrected chi connectivity index (χ4v) is 2.84. The highest BCUT2D eigenvalue weighted by atomic mass is 32.1. The van der Waals surface area contributed by atoms with Gasteiger partial charge in [-0.2, -0.15) is 0 Å². The maximum absolute atomic E-state index is 5.55. The van der Waals surface area contributed by atoms with Crippen LogP contribution in [-0.2, 0) is 12.8 Å². The van der Waals surface area contributed by atoms with Gasteiger partial charge in [0.1, 0.15) is 5.75 Å². The van der Waals surface area contributed by atoms with Crippen molar-refractivity contribution in [1.29, 1.82) is 0 Å². The second kappa shape index (κ2) is 4.63. The monoisotopic (exact) mass is 199 g/mol. The predicted molar refractivity (Wildman–Crippen MR) is 57.7 cm³/mol. The van der Waals surface area contributed by atoms with Gasteiger partial charge in [0, 0.05) is 15.3 Å². The quantitative estimate of drug-likeness (QED) is 0.806. The lowest BCUT2D eigenvalue weighted by Gasteiger charge is -2.03. The normalized spacial score (nSPS) is 10.5. The summed E-state index contributed by atoms with van der Waals surface area (Å²) >= 11 is 1.81. The highest BCUT2D eigenvalue weighted by molar-refractivity contribution is 7.12. The molecule has 0 amide bonds. The topological polar surface area (TPSA) is 35.2 Å². The molecule has 0 bridgehead atoms. The van der Waals surface area contributed by atoms with Gasteiger partial charge in [-0.25, -0.2) is 0 Å². The fourth-order valence-electron chi connectivity index (χ4n) is 1.59. The Kier molecular flexibility index (Phi) is 3.75. The van der Waals surface area contributed by atoms with Crippen molar-refractivity contribution < 1.29 is 4.74 Å². The molecule has 0 saturated carbocycles. The Hall–Kier alpha value is -0.540. The summed E-state index contributed by atoms with van der Waals surface area (Å²) in [6.07, 6.45) is 2.00. The summed E-state index contributed by atoms with van der Waals surface area (Å²) in [5, 5.41) is 0. The first kappa shape index (κ1) is 10.5. The molecule has 0 atom stereocenters. The minimum absolute atomic E-state index is 0.718. The van der Waals surface area contributed by atoms with Gasteiger partial charge in [-0.3, -0.25) is 0 Å². The molecule has 74 valence electrons. The average molecular weight is 199 g/mol. The molecule has 2 nitrogen and oxygen atoms in total. The van der Waals surface area contributed by atoms with E-state index in [9.17, 15) is 0 Å². The van der Waals surface area contributed by atoms with E-state index in [-0.39, 0.29) is 0 Å². The fraction of sp³-hybridized carbons (Fsp3) is 0.600. The molecule has 0 radical (unpaired) electrons. The van der Waals surface area contributed by atoms with E-state index in [2.05, 4.69) is 13.8 Å². The highest BCUT2D eigenvalue weighted by Gasteiger charge is 2.13. The van der Waals surface area contributed by atoms with Crippen LogP contribution in [0.5, 0.6) is 5.75 Å². The maximum Gasteiger partial charge on any atom is 0.135 e. The van der Waals surface area contributed by atoms with E-state index < -0.39 is 0 Å². The van der Waals surface area contributed by atoms with Crippen LogP contribution in [0.4, 0.5) is 0 Å². The van der Waals surface area contributed by atoms with Gasteiger partial charge >= 0.3 is 0 Å². The largest absolute Gasteiger partial charge is 0.495 e. The van der Waals surface area contributed by atoms with Gasteiger partial charge in [0.15, 0.2) is 0 Å². The number of ether oxygens (including phenoxy) is 1. The minimum atomic E-state index is 0.718. The summed E-state index contributed by atoms with van der Waals surface area (Å²) in [5.41, 5.74) is 6.89. The first-order valence-corrected chi connectivity index (χ1v) is 5.41. The van der Waals surface area contributed by atoms with Crippen molar-refractivity contribution in [1.82, 2.24) is 0 Å². The van der Waals surface area contributed by atoms with Crippen LogP contribution < -0.4 is 10.5 Å². The average Bonchev–Trinajstić information content (AvgIpc) is 2.41.